The van der Waals surface area contributed by atoms with Crippen LogP contribution in [0.25, 0.3) is 0 Å². The van der Waals surface area contributed by atoms with Crippen molar-refractivity contribution in [3.63, 3.8) is 0 Å². The fourth-order valence-corrected chi connectivity index (χ4v) is 2.79. The normalized spacial score (nSPS) is 10.1. The SMILES string of the molecule is O=C(NCc1ccccc1)c1ccccc1NC(=S)NCc1ccccc1. The Bertz CT molecular complexity index is 898. The topological polar surface area (TPSA) is 53.2 Å². The van der Waals surface area contributed by atoms with Crippen LogP contribution in [0.4, 0.5) is 5.69 Å². The van der Waals surface area contributed by atoms with Crippen LogP contribution < -0.4 is 16.0 Å². The number of carbonyl (C=O) groups excluding carboxylic acids is 1. The Hall–Kier alpha value is -3.18. The lowest BCUT2D eigenvalue weighted by Crippen LogP contribution is -2.30. The predicted molar refractivity (Wildman–Crippen MR) is 114 cm³/mol. The first-order valence-electron chi connectivity index (χ1n) is 8.72. The second kappa shape index (κ2) is 9.50. The highest BCUT2D eigenvalue weighted by atomic mass is 32.1. The summed E-state index contributed by atoms with van der Waals surface area (Å²) in [6, 6.07) is 27.1. The van der Waals surface area contributed by atoms with Gasteiger partial charge >= 0.3 is 0 Å². The Morgan fingerprint density at radius 2 is 1.22 bits per heavy atom. The minimum absolute atomic E-state index is 0.146. The molecule has 3 aromatic carbocycles. The van der Waals surface area contributed by atoms with Crippen molar-refractivity contribution >= 4 is 28.9 Å². The number of thiocarbonyl (C=S) groups is 1. The standard InChI is InChI=1S/C22H21N3OS/c26-21(23-15-17-9-3-1-4-10-17)19-13-7-8-14-20(19)25-22(27)24-16-18-11-5-2-6-12-18/h1-14H,15-16H2,(H,23,26)(H2,24,25,27). The molecule has 27 heavy (non-hydrogen) atoms. The van der Waals surface area contributed by atoms with Crippen LogP contribution >= 0.6 is 12.2 Å². The lowest BCUT2D eigenvalue weighted by atomic mass is 10.1. The van der Waals surface area contributed by atoms with Gasteiger partial charge in [0, 0.05) is 13.1 Å². The summed E-state index contributed by atoms with van der Waals surface area (Å²) in [4.78, 5) is 12.6. The average Bonchev–Trinajstić information content (AvgIpc) is 2.72. The van der Waals surface area contributed by atoms with Gasteiger partial charge in [-0.15, -0.1) is 0 Å². The number of carbonyl (C=O) groups is 1. The molecule has 0 saturated carbocycles. The number of amides is 1. The third-order valence-electron chi connectivity index (χ3n) is 4.01. The molecule has 0 unspecified atom stereocenters. The summed E-state index contributed by atoms with van der Waals surface area (Å²) in [5, 5.41) is 9.70. The number of benzene rings is 3. The number of anilines is 1. The molecular weight excluding hydrogens is 354 g/mol. The summed E-state index contributed by atoms with van der Waals surface area (Å²) in [6.07, 6.45) is 0. The van der Waals surface area contributed by atoms with E-state index in [0.717, 1.165) is 11.1 Å². The molecule has 3 aromatic rings. The second-order valence-corrected chi connectivity index (χ2v) is 6.42. The highest BCUT2D eigenvalue weighted by molar-refractivity contribution is 7.80. The van der Waals surface area contributed by atoms with Gasteiger partial charge in [-0.05, 0) is 35.5 Å². The molecule has 0 aliphatic heterocycles. The fourth-order valence-electron chi connectivity index (χ4n) is 2.61. The molecule has 0 aliphatic rings. The van der Waals surface area contributed by atoms with Crippen molar-refractivity contribution in [2.75, 3.05) is 5.32 Å². The van der Waals surface area contributed by atoms with Crippen molar-refractivity contribution in [1.29, 1.82) is 0 Å². The van der Waals surface area contributed by atoms with Crippen LogP contribution in [0.1, 0.15) is 21.5 Å². The van der Waals surface area contributed by atoms with E-state index < -0.39 is 0 Å². The molecule has 4 nitrogen and oxygen atoms in total. The van der Waals surface area contributed by atoms with Crippen LogP contribution in [0.2, 0.25) is 0 Å². The molecule has 0 heterocycles. The summed E-state index contributed by atoms with van der Waals surface area (Å²) in [5.74, 6) is -0.146. The van der Waals surface area contributed by atoms with Crippen LogP contribution in [0.3, 0.4) is 0 Å². The number of hydrogen-bond acceptors (Lipinski definition) is 2. The Labute approximate surface area is 164 Å². The molecule has 0 atom stereocenters. The summed E-state index contributed by atoms with van der Waals surface area (Å²) in [5.41, 5.74) is 3.41. The number of nitrogens with one attached hydrogen (secondary N) is 3. The second-order valence-electron chi connectivity index (χ2n) is 6.01. The van der Waals surface area contributed by atoms with Crippen molar-refractivity contribution in [1.82, 2.24) is 10.6 Å². The zero-order valence-corrected chi connectivity index (χ0v) is 15.6. The Morgan fingerprint density at radius 1 is 0.704 bits per heavy atom. The predicted octanol–water partition coefficient (Wildman–Crippen LogP) is 4.10. The molecule has 0 saturated heterocycles. The quantitative estimate of drug-likeness (QED) is 0.568. The number of hydrogen-bond donors (Lipinski definition) is 3. The molecule has 0 radical (unpaired) electrons. The Balaban J connectivity index is 1.59. The Morgan fingerprint density at radius 3 is 1.85 bits per heavy atom. The molecule has 3 N–H and O–H groups in total. The number of rotatable bonds is 6. The molecule has 0 aromatic heterocycles. The lowest BCUT2D eigenvalue weighted by Gasteiger charge is -2.14. The van der Waals surface area contributed by atoms with Gasteiger partial charge in [-0.2, -0.15) is 0 Å². The van der Waals surface area contributed by atoms with E-state index in [1.54, 1.807) is 6.07 Å². The summed E-state index contributed by atoms with van der Waals surface area (Å²) in [7, 11) is 0. The van der Waals surface area contributed by atoms with Gasteiger partial charge in [0.15, 0.2) is 5.11 Å². The molecule has 0 fully saturated rings. The van der Waals surface area contributed by atoms with Crippen molar-refractivity contribution in [2.45, 2.75) is 13.1 Å². The third-order valence-corrected chi connectivity index (χ3v) is 4.26. The largest absolute Gasteiger partial charge is 0.358 e. The molecule has 5 heteroatoms. The van der Waals surface area contributed by atoms with E-state index in [1.807, 2.05) is 78.9 Å². The molecule has 0 spiro atoms. The molecule has 0 aliphatic carbocycles. The van der Waals surface area contributed by atoms with Crippen LogP contribution in [0.5, 0.6) is 0 Å². The first-order chi connectivity index (χ1) is 13.2. The van der Waals surface area contributed by atoms with E-state index >= 15 is 0 Å². The van der Waals surface area contributed by atoms with Gasteiger partial charge in [-0.3, -0.25) is 4.79 Å². The van der Waals surface area contributed by atoms with Crippen molar-refractivity contribution in [2.24, 2.45) is 0 Å². The first-order valence-corrected chi connectivity index (χ1v) is 9.13. The van der Waals surface area contributed by atoms with E-state index in [4.69, 9.17) is 12.2 Å². The molecule has 136 valence electrons. The summed E-state index contributed by atoms with van der Waals surface area (Å²) in [6.45, 7) is 1.10. The highest BCUT2D eigenvalue weighted by Crippen LogP contribution is 2.15. The zero-order chi connectivity index (χ0) is 18.9. The van der Waals surface area contributed by atoms with Crippen molar-refractivity contribution < 1.29 is 4.79 Å². The van der Waals surface area contributed by atoms with Gasteiger partial charge in [0.1, 0.15) is 0 Å². The minimum atomic E-state index is -0.146. The minimum Gasteiger partial charge on any atom is -0.358 e. The van der Waals surface area contributed by atoms with Crippen LogP contribution in [0.15, 0.2) is 84.9 Å². The van der Waals surface area contributed by atoms with Gasteiger partial charge in [-0.25, -0.2) is 0 Å². The third kappa shape index (κ3) is 5.66. The van der Waals surface area contributed by atoms with Gasteiger partial charge in [0.25, 0.3) is 5.91 Å². The van der Waals surface area contributed by atoms with Crippen molar-refractivity contribution in [3.05, 3.63) is 102 Å². The lowest BCUT2D eigenvalue weighted by molar-refractivity contribution is 0.0952. The van der Waals surface area contributed by atoms with E-state index in [9.17, 15) is 4.79 Å². The maximum atomic E-state index is 12.6. The van der Waals surface area contributed by atoms with E-state index in [1.165, 1.54) is 0 Å². The molecule has 3 rings (SSSR count). The van der Waals surface area contributed by atoms with Gasteiger partial charge in [0.2, 0.25) is 0 Å². The summed E-state index contributed by atoms with van der Waals surface area (Å²) < 4.78 is 0. The maximum absolute atomic E-state index is 12.6. The zero-order valence-electron chi connectivity index (χ0n) is 14.8. The first kappa shape index (κ1) is 18.6. The monoisotopic (exact) mass is 375 g/mol. The molecular formula is C22H21N3OS. The van der Waals surface area contributed by atoms with Crippen molar-refractivity contribution in [3.8, 4) is 0 Å². The summed E-state index contributed by atoms with van der Waals surface area (Å²) >= 11 is 5.37. The van der Waals surface area contributed by atoms with Crippen LogP contribution in [-0.4, -0.2) is 11.0 Å². The molecule has 0 bridgehead atoms. The number of para-hydroxylation sites is 1. The highest BCUT2D eigenvalue weighted by Gasteiger charge is 2.11. The van der Waals surface area contributed by atoms with E-state index in [2.05, 4.69) is 16.0 Å². The van der Waals surface area contributed by atoms with Gasteiger partial charge in [-0.1, -0.05) is 72.8 Å². The maximum Gasteiger partial charge on any atom is 0.253 e. The average molecular weight is 375 g/mol. The van der Waals surface area contributed by atoms with Crippen LogP contribution in [0, 0.1) is 0 Å². The van der Waals surface area contributed by atoms with Gasteiger partial charge in [0.05, 0.1) is 11.3 Å². The smallest absolute Gasteiger partial charge is 0.253 e. The van der Waals surface area contributed by atoms with E-state index in [0.29, 0.717) is 29.5 Å². The van der Waals surface area contributed by atoms with E-state index in [-0.39, 0.29) is 5.91 Å². The Kier molecular flexibility index (Phi) is 6.55. The van der Waals surface area contributed by atoms with Crippen LogP contribution in [-0.2, 0) is 13.1 Å². The fraction of sp³-hybridized carbons (Fsp3) is 0.0909. The molecule has 1 amide bonds. The van der Waals surface area contributed by atoms with Gasteiger partial charge < -0.3 is 16.0 Å².